The van der Waals surface area contributed by atoms with Gasteiger partial charge in [0.15, 0.2) is 0 Å². The summed E-state index contributed by atoms with van der Waals surface area (Å²) in [7, 11) is 0. The van der Waals surface area contributed by atoms with Crippen molar-refractivity contribution in [3.8, 4) is 0 Å². The number of carbonyl (C=O) groups is 1. The second kappa shape index (κ2) is 6.94. The van der Waals surface area contributed by atoms with Crippen molar-refractivity contribution in [3.63, 3.8) is 0 Å². The Morgan fingerprint density at radius 2 is 2.05 bits per heavy atom. The molecule has 1 aromatic heterocycles. The first-order valence-corrected chi connectivity index (χ1v) is 8.06. The summed E-state index contributed by atoms with van der Waals surface area (Å²) in [5.41, 5.74) is 6.43. The van der Waals surface area contributed by atoms with Crippen LogP contribution in [0, 0.1) is 0 Å². The van der Waals surface area contributed by atoms with Gasteiger partial charge in [-0.05, 0) is 18.8 Å². The number of carbonyl (C=O) groups excluding carboxylic acids is 1. The number of hydrogen-bond donors (Lipinski definition) is 2. The minimum Gasteiger partial charge on any atom is -0.365 e. The zero-order valence-electron chi connectivity index (χ0n) is 14.0. The molecule has 0 spiro atoms. The molecule has 0 radical (unpaired) electrons. The van der Waals surface area contributed by atoms with E-state index in [2.05, 4.69) is 43.0 Å². The molecule has 0 unspecified atom stereocenters. The molecule has 2 heterocycles. The van der Waals surface area contributed by atoms with Crippen LogP contribution >= 0.6 is 0 Å². The molecule has 1 saturated heterocycles. The number of nitrogens with two attached hydrogens (primary N) is 1. The molecule has 1 aliphatic heterocycles. The van der Waals surface area contributed by atoms with E-state index in [1.165, 1.54) is 0 Å². The van der Waals surface area contributed by atoms with Crippen LogP contribution in [0.2, 0.25) is 0 Å². The number of anilines is 1. The summed E-state index contributed by atoms with van der Waals surface area (Å²) in [4.78, 5) is 22.3. The van der Waals surface area contributed by atoms with E-state index in [0.717, 1.165) is 36.7 Å². The Labute approximate surface area is 132 Å². The van der Waals surface area contributed by atoms with Gasteiger partial charge in [-0.1, -0.05) is 27.7 Å². The van der Waals surface area contributed by atoms with Crippen LogP contribution in [0.3, 0.4) is 0 Å². The number of nitrogens with one attached hydrogen (secondary N) is 1. The second-order valence-corrected chi connectivity index (χ2v) is 6.61. The largest absolute Gasteiger partial charge is 0.365 e. The predicted molar refractivity (Wildman–Crippen MR) is 88.0 cm³/mol. The monoisotopic (exact) mass is 305 g/mol. The Hall–Kier alpha value is -1.85. The summed E-state index contributed by atoms with van der Waals surface area (Å²) in [5, 5.41) is 3.46. The first-order chi connectivity index (χ1) is 10.4. The lowest BCUT2D eigenvalue weighted by Gasteiger charge is -2.32. The van der Waals surface area contributed by atoms with Crippen LogP contribution in [0.15, 0.2) is 6.07 Å². The second-order valence-electron chi connectivity index (χ2n) is 6.61. The maximum atomic E-state index is 11.3. The van der Waals surface area contributed by atoms with E-state index >= 15 is 0 Å². The first-order valence-electron chi connectivity index (χ1n) is 8.06. The number of aromatic nitrogens is 2. The fourth-order valence-corrected chi connectivity index (χ4v) is 2.62. The molecule has 1 fully saturated rings. The number of primary amides is 1. The summed E-state index contributed by atoms with van der Waals surface area (Å²) in [6.07, 6.45) is 1.97. The number of rotatable bonds is 4. The van der Waals surface area contributed by atoms with Crippen molar-refractivity contribution >= 4 is 11.8 Å². The van der Waals surface area contributed by atoms with Gasteiger partial charge < -0.3 is 16.0 Å². The third-order valence-corrected chi connectivity index (χ3v) is 3.96. The average Bonchev–Trinajstić information content (AvgIpc) is 2.47. The fourth-order valence-electron chi connectivity index (χ4n) is 2.62. The molecular weight excluding hydrogens is 278 g/mol. The Morgan fingerprint density at radius 3 is 2.64 bits per heavy atom. The Balaban J connectivity index is 2.16. The minimum atomic E-state index is -0.347. The molecule has 0 aromatic carbocycles. The van der Waals surface area contributed by atoms with Crippen LogP contribution < -0.4 is 11.1 Å². The summed E-state index contributed by atoms with van der Waals surface area (Å²) in [5.74, 6) is 2.34. The summed E-state index contributed by atoms with van der Waals surface area (Å²) >= 11 is 0. The van der Waals surface area contributed by atoms with Crippen LogP contribution in [0.1, 0.15) is 63.9 Å². The number of hydrogen-bond acceptors (Lipinski definition) is 4. The van der Waals surface area contributed by atoms with Gasteiger partial charge in [-0.25, -0.2) is 14.8 Å². The topological polar surface area (TPSA) is 84.1 Å². The van der Waals surface area contributed by atoms with Gasteiger partial charge in [-0.3, -0.25) is 0 Å². The molecule has 2 amide bonds. The van der Waals surface area contributed by atoms with Crippen molar-refractivity contribution in [3.05, 3.63) is 17.6 Å². The highest BCUT2D eigenvalue weighted by molar-refractivity contribution is 5.72. The Kier molecular flexibility index (Phi) is 5.21. The van der Waals surface area contributed by atoms with Gasteiger partial charge in [0.05, 0.1) is 0 Å². The first kappa shape index (κ1) is 16.5. The Morgan fingerprint density at radius 1 is 1.32 bits per heavy atom. The van der Waals surface area contributed by atoms with E-state index in [0.29, 0.717) is 12.5 Å². The highest BCUT2D eigenvalue weighted by atomic mass is 16.2. The minimum absolute atomic E-state index is 0.191. The zero-order valence-corrected chi connectivity index (χ0v) is 14.0. The SMILES string of the molecule is CC(C)c1cc(N[C@H]2CCCN(C(N)=O)C2)nc(C(C)C)n1. The van der Waals surface area contributed by atoms with Crippen molar-refractivity contribution in [2.45, 2.75) is 58.4 Å². The van der Waals surface area contributed by atoms with Crippen molar-refractivity contribution in [2.24, 2.45) is 5.73 Å². The van der Waals surface area contributed by atoms with Gasteiger partial charge in [0, 0.05) is 36.8 Å². The number of piperidine rings is 1. The fraction of sp³-hybridized carbons (Fsp3) is 0.688. The summed E-state index contributed by atoms with van der Waals surface area (Å²) in [6.45, 7) is 9.83. The number of nitrogens with zero attached hydrogens (tertiary/aromatic N) is 3. The van der Waals surface area contributed by atoms with E-state index < -0.39 is 0 Å². The van der Waals surface area contributed by atoms with Gasteiger partial charge in [-0.15, -0.1) is 0 Å². The maximum absolute atomic E-state index is 11.3. The van der Waals surface area contributed by atoms with E-state index in [-0.39, 0.29) is 18.0 Å². The van der Waals surface area contributed by atoms with E-state index in [9.17, 15) is 4.79 Å². The van der Waals surface area contributed by atoms with Crippen LogP contribution in [-0.2, 0) is 0 Å². The highest BCUT2D eigenvalue weighted by Gasteiger charge is 2.22. The number of likely N-dealkylation sites (tertiary alicyclic amines) is 1. The van der Waals surface area contributed by atoms with E-state index in [1.807, 2.05) is 6.07 Å². The van der Waals surface area contributed by atoms with Crippen molar-refractivity contribution in [2.75, 3.05) is 18.4 Å². The molecule has 122 valence electrons. The van der Waals surface area contributed by atoms with Crippen molar-refractivity contribution < 1.29 is 4.79 Å². The third kappa shape index (κ3) is 4.08. The van der Waals surface area contributed by atoms with Crippen LogP contribution in [-0.4, -0.2) is 40.0 Å². The smallest absolute Gasteiger partial charge is 0.314 e. The molecule has 6 heteroatoms. The highest BCUT2D eigenvalue weighted by Crippen LogP contribution is 2.21. The molecule has 3 N–H and O–H groups in total. The lowest BCUT2D eigenvalue weighted by Crippen LogP contribution is -2.47. The van der Waals surface area contributed by atoms with Gasteiger partial charge in [0.2, 0.25) is 0 Å². The summed E-state index contributed by atoms with van der Waals surface area (Å²) in [6, 6.07) is 1.86. The van der Waals surface area contributed by atoms with Gasteiger partial charge in [-0.2, -0.15) is 0 Å². The maximum Gasteiger partial charge on any atom is 0.314 e. The quantitative estimate of drug-likeness (QED) is 0.895. The van der Waals surface area contributed by atoms with Crippen LogP contribution in [0.5, 0.6) is 0 Å². The van der Waals surface area contributed by atoms with Gasteiger partial charge >= 0.3 is 6.03 Å². The molecule has 22 heavy (non-hydrogen) atoms. The van der Waals surface area contributed by atoms with Crippen molar-refractivity contribution in [1.82, 2.24) is 14.9 Å². The predicted octanol–water partition coefficient (Wildman–Crippen LogP) is 2.68. The Bertz CT molecular complexity index is 503. The van der Waals surface area contributed by atoms with Crippen LogP contribution in [0.4, 0.5) is 10.6 Å². The van der Waals surface area contributed by atoms with Gasteiger partial charge in [0.25, 0.3) is 0 Å². The molecular formula is C16H27N5O. The molecule has 0 bridgehead atoms. The molecule has 6 nitrogen and oxygen atoms in total. The standard InChI is InChI=1S/C16H27N5O/c1-10(2)13-8-14(20-15(19-13)11(3)4)18-12-6-5-7-21(9-12)16(17)22/h8,10-12H,5-7,9H2,1-4H3,(H2,17,22)(H,18,19,20)/t12-/m0/s1. The molecule has 2 rings (SSSR count). The zero-order chi connectivity index (χ0) is 16.3. The lowest BCUT2D eigenvalue weighted by molar-refractivity contribution is 0.192. The lowest BCUT2D eigenvalue weighted by atomic mass is 10.1. The summed E-state index contributed by atoms with van der Waals surface area (Å²) < 4.78 is 0. The third-order valence-electron chi connectivity index (χ3n) is 3.96. The van der Waals surface area contributed by atoms with Crippen molar-refractivity contribution in [1.29, 1.82) is 0 Å². The van der Waals surface area contributed by atoms with E-state index in [1.54, 1.807) is 4.90 Å². The average molecular weight is 305 g/mol. The molecule has 0 aliphatic carbocycles. The number of urea groups is 1. The van der Waals surface area contributed by atoms with Gasteiger partial charge in [0.1, 0.15) is 11.6 Å². The number of amides is 2. The van der Waals surface area contributed by atoms with E-state index in [4.69, 9.17) is 5.73 Å². The molecule has 1 atom stereocenters. The molecule has 0 saturated carbocycles. The molecule has 1 aliphatic rings. The normalized spacial score (nSPS) is 18.8. The van der Waals surface area contributed by atoms with Crippen LogP contribution in [0.25, 0.3) is 0 Å². The molecule has 1 aromatic rings.